The second kappa shape index (κ2) is 6.28. The zero-order valence-corrected chi connectivity index (χ0v) is 16.1. The van der Waals surface area contributed by atoms with Crippen LogP contribution >= 0.6 is 11.6 Å². The largest absolute Gasteiger partial charge is 0.507 e. The summed E-state index contributed by atoms with van der Waals surface area (Å²) in [6, 6.07) is 17.3. The number of alkyl halides is 1. The van der Waals surface area contributed by atoms with Crippen LogP contribution in [0, 0.1) is 6.92 Å². The van der Waals surface area contributed by atoms with E-state index in [1.54, 1.807) is 11.0 Å². The van der Waals surface area contributed by atoms with E-state index in [2.05, 4.69) is 11.1 Å². The molecule has 1 aliphatic heterocycles. The van der Waals surface area contributed by atoms with Gasteiger partial charge in [-0.05, 0) is 36.1 Å². The normalized spacial score (nSPS) is 16.1. The number of rotatable bonds is 2. The molecule has 1 aliphatic rings. The van der Waals surface area contributed by atoms with Gasteiger partial charge in [0.2, 0.25) is 0 Å². The molecule has 0 aliphatic carbocycles. The Labute approximate surface area is 167 Å². The topological polar surface area (TPSA) is 56.3 Å². The number of aryl methyl sites for hydroxylation is 1. The maximum atomic E-state index is 13.3. The van der Waals surface area contributed by atoms with E-state index < -0.39 is 0 Å². The highest BCUT2D eigenvalue weighted by Crippen LogP contribution is 2.45. The van der Waals surface area contributed by atoms with Crippen LogP contribution in [0.5, 0.6) is 5.75 Å². The van der Waals surface area contributed by atoms with Gasteiger partial charge in [0.15, 0.2) is 0 Å². The molecule has 28 heavy (non-hydrogen) atoms. The number of hydrogen-bond acceptors (Lipinski definition) is 2. The van der Waals surface area contributed by atoms with Crippen LogP contribution in [0.25, 0.3) is 21.7 Å². The molecular formula is C23H19ClN2O2. The monoisotopic (exact) mass is 390 g/mol. The molecule has 0 saturated carbocycles. The van der Waals surface area contributed by atoms with E-state index in [0.29, 0.717) is 18.1 Å². The van der Waals surface area contributed by atoms with Crippen LogP contribution in [-0.2, 0) is 0 Å². The summed E-state index contributed by atoms with van der Waals surface area (Å²) in [7, 11) is 0. The fraction of sp³-hybridized carbons (Fsp3) is 0.174. The number of amides is 1. The molecule has 4 nitrogen and oxygen atoms in total. The molecule has 1 unspecified atom stereocenters. The standard InChI is InChI=1S/C23H19ClN2O2/c1-13-6-7-18-14(8-13)9-19(25-18)23(28)26-12-15(11-24)22-17-5-3-2-4-16(17)21(27)10-20(22)26/h2-10,15,25,27H,11-12H2,1H3. The lowest BCUT2D eigenvalue weighted by atomic mass is 9.95. The lowest BCUT2D eigenvalue weighted by Crippen LogP contribution is -2.30. The number of nitrogens with zero attached hydrogens (tertiary/aromatic N) is 1. The third-order valence-corrected chi connectivity index (χ3v) is 5.96. The van der Waals surface area contributed by atoms with E-state index in [9.17, 15) is 9.90 Å². The summed E-state index contributed by atoms with van der Waals surface area (Å²) in [5.74, 6) is 0.502. The molecule has 0 radical (unpaired) electrons. The lowest BCUT2D eigenvalue weighted by Gasteiger charge is -2.17. The number of phenolic OH excluding ortho intramolecular Hbond substituents is 1. The maximum absolute atomic E-state index is 13.3. The number of phenols is 1. The number of carbonyl (C=O) groups excluding carboxylic acids is 1. The van der Waals surface area contributed by atoms with Crippen molar-refractivity contribution in [2.45, 2.75) is 12.8 Å². The van der Waals surface area contributed by atoms with Crippen LogP contribution in [0.4, 0.5) is 5.69 Å². The SMILES string of the molecule is Cc1ccc2[nH]c(C(=O)N3CC(CCl)c4c3cc(O)c3ccccc43)cc2c1. The minimum atomic E-state index is -0.114. The zero-order valence-electron chi connectivity index (χ0n) is 15.4. The molecule has 0 saturated heterocycles. The number of aromatic hydroxyl groups is 1. The van der Waals surface area contributed by atoms with Crippen molar-refractivity contribution < 1.29 is 9.90 Å². The van der Waals surface area contributed by atoms with E-state index in [4.69, 9.17) is 11.6 Å². The molecule has 0 fully saturated rings. The quantitative estimate of drug-likeness (QED) is 0.455. The Kier molecular flexibility index (Phi) is 3.84. The third kappa shape index (κ3) is 2.49. The summed E-state index contributed by atoms with van der Waals surface area (Å²) in [6.45, 7) is 2.53. The Balaban J connectivity index is 1.65. The average molecular weight is 391 g/mol. The van der Waals surface area contributed by atoms with Gasteiger partial charge in [-0.15, -0.1) is 11.6 Å². The van der Waals surface area contributed by atoms with Crippen LogP contribution < -0.4 is 4.90 Å². The highest BCUT2D eigenvalue weighted by molar-refractivity contribution is 6.19. The van der Waals surface area contributed by atoms with Crippen molar-refractivity contribution in [3.05, 3.63) is 71.4 Å². The smallest absolute Gasteiger partial charge is 0.274 e. The van der Waals surface area contributed by atoms with Gasteiger partial charge >= 0.3 is 0 Å². The number of halogens is 1. The van der Waals surface area contributed by atoms with E-state index in [0.717, 1.165) is 38.5 Å². The van der Waals surface area contributed by atoms with Gasteiger partial charge in [0.05, 0.1) is 5.69 Å². The van der Waals surface area contributed by atoms with E-state index in [1.165, 1.54) is 0 Å². The fourth-order valence-electron chi connectivity index (χ4n) is 4.26. The first-order valence-electron chi connectivity index (χ1n) is 9.28. The van der Waals surface area contributed by atoms with Gasteiger partial charge in [0.25, 0.3) is 5.91 Å². The van der Waals surface area contributed by atoms with E-state index in [1.807, 2.05) is 49.4 Å². The van der Waals surface area contributed by atoms with Crippen LogP contribution in [0.15, 0.2) is 54.6 Å². The molecule has 5 heteroatoms. The van der Waals surface area contributed by atoms with Crippen molar-refractivity contribution in [1.82, 2.24) is 4.98 Å². The average Bonchev–Trinajstić information content (AvgIpc) is 3.28. The van der Waals surface area contributed by atoms with Gasteiger partial charge in [-0.3, -0.25) is 4.79 Å². The number of H-pyrrole nitrogens is 1. The molecule has 1 aromatic heterocycles. The molecule has 2 heterocycles. The number of anilines is 1. The Hall–Kier alpha value is -2.98. The molecule has 3 aromatic carbocycles. The maximum Gasteiger partial charge on any atom is 0.274 e. The third-order valence-electron chi connectivity index (χ3n) is 5.58. The minimum Gasteiger partial charge on any atom is -0.507 e. The molecule has 2 N–H and O–H groups in total. The van der Waals surface area contributed by atoms with Gasteiger partial charge < -0.3 is 15.0 Å². The van der Waals surface area contributed by atoms with Gasteiger partial charge in [-0.1, -0.05) is 35.9 Å². The molecule has 0 spiro atoms. The number of nitrogens with one attached hydrogen (secondary N) is 1. The van der Waals surface area contributed by atoms with Gasteiger partial charge in [0, 0.05) is 40.7 Å². The summed E-state index contributed by atoms with van der Waals surface area (Å²) < 4.78 is 0. The summed E-state index contributed by atoms with van der Waals surface area (Å²) in [4.78, 5) is 18.3. The Morgan fingerprint density at radius 2 is 1.96 bits per heavy atom. The van der Waals surface area contributed by atoms with Crippen molar-refractivity contribution in [2.75, 3.05) is 17.3 Å². The molecular weight excluding hydrogens is 372 g/mol. The second-order valence-corrected chi connectivity index (χ2v) is 7.72. The highest BCUT2D eigenvalue weighted by atomic mass is 35.5. The molecule has 140 valence electrons. The minimum absolute atomic E-state index is 0.0257. The number of aromatic amines is 1. The van der Waals surface area contributed by atoms with Crippen LogP contribution in [-0.4, -0.2) is 28.4 Å². The fourth-order valence-corrected chi connectivity index (χ4v) is 4.51. The first-order valence-corrected chi connectivity index (χ1v) is 9.82. The number of aromatic nitrogens is 1. The van der Waals surface area contributed by atoms with Gasteiger partial charge in [0.1, 0.15) is 11.4 Å². The number of hydrogen-bond donors (Lipinski definition) is 2. The van der Waals surface area contributed by atoms with Crippen LogP contribution in [0.3, 0.4) is 0 Å². The van der Waals surface area contributed by atoms with Gasteiger partial charge in [-0.25, -0.2) is 0 Å². The summed E-state index contributed by atoms with van der Waals surface area (Å²) in [5, 5.41) is 13.3. The second-order valence-electron chi connectivity index (χ2n) is 7.41. The summed E-state index contributed by atoms with van der Waals surface area (Å²) >= 11 is 6.27. The van der Waals surface area contributed by atoms with E-state index in [-0.39, 0.29) is 17.6 Å². The molecule has 5 rings (SSSR count). The Morgan fingerprint density at radius 3 is 2.75 bits per heavy atom. The first kappa shape index (κ1) is 17.1. The Bertz CT molecular complexity index is 1240. The molecule has 1 amide bonds. The zero-order chi connectivity index (χ0) is 19.4. The predicted molar refractivity (Wildman–Crippen MR) is 114 cm³/mol. The number of fused-ring (bicyclic) bond motifs is 4. The lowest BCUT2D eigenvalue weighted by molar-refractivity contribution is 0.0984. The first-order chi connectivity index (χ1) is 13.6. The number of benzene rings is 3. The highest BCUT2D eigenvalue weighted by Gasteiger charge is 2.35. The Morgan fingerprint density at radius 1 is 1.18 bits per heavy atom. The van der Waals surface area contributed by atoms with Crippen LogP contribution in [0.2, 0.25) is 0 Å². The summed E-state index contributed by atoms with van der Waals surface area (Å²) in [5.41, 5.74) is 4.39. The molecule has 0 bridgehead atoms. The van der Waals surface area contributed by atoms with Crippen molar-refractivity contribution >= 4 is 44.9 Å². The molecule has 1 atom stereocenters. The predicted octanol–water partition coefficient (Wildman–Crippen LogP) is 5.32. The van der Waals surface area contributed by atoms with Crippen molar-refractivity contribution in [3.63, 3.8) is 0 Å². The van der Waals surface area contributed by atoms with Gasteiger partial charge in [-0.2, -0.15) is 0 Å². The summed E-state index contributed by atoms with van der Waals surface area (Å²) in [6.07, 6.45) is 0. The van der Waals surface area contributed by atoms with Crippen molar-refractivity contribution in [3.8, 4) is 5.75 Å². The van der Waals surface area contributed by atoms with Crippen LogP contribution in [0.1, 0.15) is 27.5 Å². The molecule has 4 aromatic rings. The number of carbonyl (C=O) groups is 1. The van der Waals surface area contributed by atoms with E-state index >= 15 is 0 Å². The van der Waals surface area contributed by atoms with Crippen molar-refractivity contribution in [1.29, 1.82) is 0 Å². The van der Waals surface area contributed by atoms with Crippen molar-refractivity contribution in [2.24, 2.45) is 0 Å².